The smallest absolute Gasteiger partial charge is 0.239 e. The maximum atomic E-state index is 11.4. The van der Waals surface area contributed by atoms with E-state index < -0.39 is 22.0 Å². The number of carbonyl (C=O) groups is 1. The molecule has 134 valence electrons. The van der Waals surface area contributed by atoms with Crippen LogP contribution in [0.15, 0.2) is 39.8 Å². The predicted octanol–water partition coefficient (Wildman–Crippen LogP) is 1.31. The number of benzene rings is 1. The van der Waals surface area contributed by atoms with Crippen molar-refractivity contribution in [3.05, 3.63) is 34.9 Å². The van der Waals surface area contributed by atoms with Gasteiger partial charge in [0, 0.05) is 11.9 Å². The van der Waals surface area contributed by atoms with Crippen LogP contribution in [0.1, 0.15) is 13.3 Å². The molecule has 6 N–H and O–H groups in total. The number of primary sulfonamides is 1. The van der Waals surface area contributed by atoms with E-state index in [2.05, 4.69) is 36.5 Å². The summed E-state index contributed by atoms with van der Waals surface area (Å²) in [6.07, 6.45) is 2.02. The fourth-order valence-electron chi connectivity index (χ4n) is 1.93. The zero-order valence-corrected chi connectivity index (χ0v) is 15.6. The van der Waals surface area contributed by atoms with Crippen LogP contribution in [0, 0.1) is 0 Å². The lowest BCUT2D eigenvalue weighted by atomic mass is 10.2. The van der Waals surface area contributed by atoms with Crippen LogP contribution < -0.4 is 21.5 Å². The van der Waals surface area contributed by atoms with Gasteiger partial charge < -0.3 is 16.4 Å². The summed E-state index contributed by atoms with van der Waals surface area (Å²) in [5.41, 5.74) is 5.89. The summed E-state index contributed by atoms with van der Waals surface area (Å²) < 4.78 is 23.1. The zero-order chi connectivity index (χ0) is 18.6. The molecule has 0 aliphatic rings. The maximum absolute atomic E-state index is 11.4. The number of hydrogen-bond donors (Lipinski definition) is 4. The van der Waals surface area contributed by atoms with Gasteiger partial charge in [0.25, 0.3) is 0 Å². The van der Waals surface area contributed by atoms with Gasteiger partial charge in [-0.1, -0.05) is 6.92 Å². The van der Waals surface area contributed by atoms with Gasteiger partial charge in [-0.05, 0) is 46.6 Å². The molecule has 0 aliphatic carbocycles. The molecule has 1 atom stereocenters. The van der Waals surface area contributed by atoms with Crippen LogP contribution in [-0.2, 0) is 14.8 Å². The number of carbonyl (C=O) groups excluding carboxylic acids is 1. The molecule has 0 fully saturated rings. The first kappa shape index (κ1) is 19.1. The van der Waals surface area contributed by atoms with Gasteiger partial charge in [0.1, 0.15) is 11.9 Å². The number of sulfonamides is 1. The lowest BCUT2D eigenvalue weighted by Gasteiger charge is -2.15. The van der Waals surface area contributed by atoms with Crippen molar-refractivity contribution in [1.82, 2.24) is 9.97 Å². The molecule has 0 saturated carbocycles. The van der Waals surface area contributed by atoms with Gasteiger partial charge in [-0.25, -0.2) is 18.5 Å². The fourth-order valence-corrected chi connectivity index (χ4v) is 2.75. The average molecular weight is 429 g/mol. The van der Waals surface area contributed by atoms with Crippen molar-refractivity contribution in [3.63, 3.8) is 0 Å². The highest BCUT2D eigenvalue weighted by atomic mass is 79.9. The molecule has 1 heterocycles. The molecule has 11 heteroatoms. The number of rotatable bonds is 7. The zero-order valence-electron chi connectivity index (χ0n) is 13.2. The summed E-state index contributed by atoms with van der Waals surface area (Å²) in [6.45, 7) is 1.82. The largest absolute Gasteiger partial charge is 0.368 e. The third-order valence-corrected chi connectivity index (χ3v) is 4.76. The number of nitrogens with one attached hydrogen (secondary N) is 2. The van der Waals surface area contributed by atoms with Crippen LogP contribution in [-0.4, -0.2) is 30.3 Å². The number of aromatic nitrogens is 2. The molecule has 1 aromatic carbocycles. The first-order chi connectivity index (χ1) is 11.7. The molecule has 0 spiro atoms. The fraction of sp³-hybridized carbons (Fsp3) is 0.214. The van der Waals surface area contributed by atoms with Crippen molar-refractivity contribution >= 4 is 49.3 Å². The number of primary amides is 1. The molecule has 25 heavy (non-hydrogen) atoms. The minimum Gasteiger partial charge on any atom is -0.368 e. The number of halogens is 1. The van der Waals surface area contributed by atoms with Gasteiger partial charge >= 0.3 is 0 Å². The molecule has 1 aromatic heterocycles. The molecule has 0 radical (unpaired) electrons. The summed E-state index contributed by atoms with van der Waals surface area (Å²) in [6, 6.07) is 5.26. The quantitative estimate of drug-likeness (QED) is 0.518. The summed E-state index contributed by atoms with van der Waals surface area (Å²) >= 11 is 3.31. The van der Waals surface area contributed by atoms with Gasteiger partial charge in [0.2, 0.25) is 21.9 Å². The number of nitrogens with two attached hydrogens (primary N) is 2. The van der Waals surface area contributed by atoms with E-state index in [-0.39, 0.29) is 10.8 Å². The van der Waals surface area contributed by atoms with E-state index in [0.29, 0.717) is 22.4 Å². The second-order valence-corrected chi connectivity index (χ2v) is 7.51. The summed E-state index contributed by atoms with van der Waals surface area (Å²) in [4.78, 5) is 19.8. The van der Waals surface area contributed by atoms with Crippen LogP contribution >= 0.6 is 15.9 Å². The Balaban J connectivity index is 2.20. The lowest BCUT2D eigenvalue weighted by molar-refractivity contribution is -0.118. The topological polar surface area (TPSA) is 153 Å². The molecular formula is C14H17BrN6O3S. The Hall–Kier alpha value is -2.24. The van der Waals surface area contributed by atoms with E-state index in [4.69, 9.17) is 10.9 Å². The van der Waals surface area contributed by atoms with Crippen molar-refractivity contribution in [2.24, 2.45) is 10.9 Å². The second-order valence-electron chi connectivity index (χ2n) is 5.09. The van der Waals surface area contributed by atoms with E-state index in [1.165, 1.54) is 30.5 Å². The average Bonchev–Trinajstić information content (AvgIpc) is 2.54. The third-order valence-electron chi connectivity index (χ3n) is 3.25. The highest BCUT2D eigenvalue weighted by molar-refractivity contribution is 9.10. The molecule has 2 aromatic rings. The highest BCUT2D eigenvalue weighted by Gasteiger charge is 2.15. The van der Waals surface area contributed by atoms with Gasteiger partial charge in [-0.2, -0.15) is 4.98 Å². The second kappa shape index (κ2) is 7.76. The van der Waals surface area contributed by atoms with E-state index in [1.807, 2.05) is 6.92 Å². The van der Waals surface area contributed by atoms with Crippen LogP contribution in [0.4, 0.5) is 17.5 Å². The first-order valence-corrected chi connectivity index (χ1v) is 9.53. The van der Waals surface area contributed by atoms with Crippen LogP contribution in [0.3, 0.4) is 0 Å². The summed E-state index contributed by atoms with van der Waals surface area (Å²) in [5.74, 6) is 0.179. The van der Waals surface area contributed by atoms with Crippen molar-refractivity contribution in [2.45, 2.75) is 24.3 Å². The third kappa shape index (κ3) is 5.11. The van der Waals surface area contributed by atoms with Gasteiger partial charge in [-0.3, -0.25) is 4.79 Å². The molecule has 1 amide bonds. The molecule has 2 rings (SSSR count). The van der Waals surface area contributed by atoms with Crippen molar-refractivity contribution in [2.75, 3.05) is 10.6 Å². The first-order valence-electron chi connectivity index (χ1n) is 7.19. The minimum atomic E-state index is -3.75. The van der Waals surface area contributed by atoms with Gasteiger partial charge in [0.15, 0.2) is 0 Å². The number of nitrogens with zero attached hydrogens (tertiary/aromatic N) is 2. The van der Waals surface area contributed by atoms with E-state index in [1.54, 1.807) is 0 Å². The normalized spacial score (nSPS) is 12.4. The number of anilines is 3. The minimum absolute atomic E-state index is 0.00405. The Bertz CT molecular complexity index is 873. The Morgan fingerprint density at radius 1 is 1.32 bits per heavy atom. The van der Waals surface area contributed by atoms with Crippen LogP contribution in [0.25, 0.3) is 0 Å². The predicted molar refractivity (Wildman–Crippen MR) is 97.7 cm³/mol. The number of hydrogen-bond acceptors (Lipinski definition) is 7. The lowest BCUT2D eigenvalue weighted by Crippen LogP contribution is -2.35. The van der Waals surface area contributed by atoms with E-state index in [0.717, 1.165) is 0 Å². The van der Waals surface area contributed by atoms with Gasteiger partial charge in [0.05, 0.1) is 9.37 Å². The van der Waals surface area contributed by atoms with Crippen LogP contribution in [0.2, 0.25) is 0 Å². The van der Waals surface area contributed by atoms with Crippen molar-refractivity contribution in [1.29, 1.82) is 0 Å². The molecule has 1 unspecified atom stereocenters. The molecule has 0 bridgehead atoms. The monoisotopic (exact) mass is 428 g/mol. The molecular weight excluding hydrogens is 412 g/mol. The van der Waals surface area contributed by atoms with E-state index >= 15 is 0 Å². The van der Waals surface area contributed by atoms with Crippen molar-refractivity contribution in [3.8, 4) is 0 Å². The standard InChI is InChI=1S/C14H17BrN6O3S/c1-2-11(12(16)22)20-13-10(15)7-18-14(21-13)19-8-3-5-9(6-4-8)25(17,23)24/h3-7,11H,2H2,1H3,(H2,16,22)(H2,17,23,24)(H2,18,19,20,21). The maximum Gasteiger partial charge on any atom is 0.239 e. The Morgan fingerprint density at radius 3 is 2.48 bits per heavy atom. The van der Waals surface area contributed by atoms with Gasteiger partial charge in [-0.15, -0.1) is 0 Å². The highest BCUT2D eigenvalue weighted by Crippen LogP contribution is 2.23. The molecule has 9 nitrogen and oxygen atoms in total. The Labute approximate surface area is 153 Å². The number of amides is 1. The molecule has 0 aliphatic heterocycles. The molecule has 0 saturated heterocycles. The summed E-state index contributed by atoms with van der Waals surface area (Å²) in [5, 5.41) is 10.9. The Morgan fingerprint density at radius 2 is 1.96 bits per heavy atom. The SMILES string of the molecule is CCC(Nc1nc(Nc2ccc(S(N)(=O)=O)cc2)ncc1Br)C(N)=O. The van der Waals surface area contributed by atoms with E-state index in [9.17, 15) is 13.2 Å². The summed E-state index contributed by atoms with van der Waals surface area (Å²) in [7, 11) is -3.75. The Kier molecular flexibility index (Phi) is 5.93. The van der Waals surface area contributed by atoms with Crippen LogP contribution in [0.5, 0.6) is 0 Å². The van der Waals surface area contributed by atoms with Crippen molar-refractivity contribution < 1.29 is 13.2 Å².